The van der Waals surface area contributed by atoms with E-state index >= 15 is 0 Å². The molecule has 3 N–H and O–H groups in total. The summed E-state index contributed by atoms with van der Waals surface area (Å²) in [6.45, 7) is 0. The lowest BCUT2D eigenvalue weighted by Gasteiger charge is -2.37. The second kappa shape index (κ2) is 5.82. The molecule has 1 aromatic carbocycles. The number of nitrogens with one attached hydrogen (secondary N) is 1. The fourth-order valence-corrected chi connectivity index (χ4v) is 3.04. The van der Waals surface area contributed by atoms with Gasteiger partial charge in [0.15, 0.2) is 5.96 Å². The van der Waals surface area contributed by atoms with Gasteiger partial charge in [0, 0.05) is 6.04 Å². The van der Waals surface area contributed by atoms with Crippen LogP contribution in [0.3, 0.4) is 0 Å². The summed E-state index contributed by atoms with van der Waals surface area (Å²) in [5.74, 6) is 1.14. The maximum Gasteiger partial charge on any atom is 0.189 e. The van der Waals surface area contributed by atoms with Crippen LogP contribution in [0.5, 0.6) is 0 Å². The average Bonchev–Trinajstić information content (AvgIpc) is 2.32. The fourth-order valence-electron chi connectivity index (χ4n) is 2.73. The van der Waals surface area contributed by atoms with Crippen molar-refractivity contribution < 1.29 is 0 Å². The third-order valence-electron chi connectivity index (χ3n) is 4.30. The van der Waals surface area contributed by atoms with E-state index in [1.54, 1.807) is 0 Å². The molecular weight excluding hydrogens is 293 g/mol. The number of rotatable bonds is 3. The molecule has 2 saturated carbocycles. The van der Waals surface area contributed by atoms with Gasteiger partial charge in [-0.15, -0.1) is 0 Å². The molecule has 0 amide bonds. The largest absolute Gasteiger partial charge is 0.370 e. The standard InChI is InChI=1S/C15H19Cl2N3/c16-13-5-4-9(8-14(13)17)10-6-12(7-10)20-15(18)19-11-2-1-3-11/h4-5,8,10-12H,1-3,6-7H2,(H3,18,19,20). The highest BCUT2D eigenvalue weighted by atomic mass is 35.5. The monoisotopic (exact) mass is 311 g/mol. The Labute approximate surface area is 129 Å². The van der Waals surface area contributed by atoms with Gasteiger partial charge < -0.3 is 11.1 Å². The maximum atomic E-state index is 6.05. The molecule has 5 heteroatoms. The number of benzene rings is 1. The molecule has 0 radical (unpaired) electrons. The second-order valence-corrected chi connectivity index (χ2v) is 6.60. The predicted octanol–water partition coefficient (Wildman–Crippen LogP) is 3.70. The van der Waals surface area contributed by atoms with Crippen molar-refractivity contribution in [2.75, 3.05) is 0 Å². The molecule has 0 aliphatic heterocycles. The van der Waals surface area contributed by atoms with Crippen LogP contribution in [-0.4, -0.2) is 18.0 Å². The number of nitrogens with two attached hydrogens (primary N) is 1. The van der Waals surface area contributed by atoms with Crippen molar-refractivity contribution >= 4 is 29.2 Å². The predicted molar refractivity (Wildman–Crippen MR) is 84.6 cm³/mol. The number of aliphatic imine (C=N–C) groups is 1. The highest BCUT2D eigenvalue weighted by Gasteiger charge is 2.31. The average molecular weight is 312 g/mol. The first-order valence-electron chi connectivity index (χ1n) is 7.16. The number of hydrogen-bond acceptors (Lipinski definition) is 1. The van der Waals surface area contributed by atoms with Crippen molar-refractivity contribution in [3.05, 3.63) is 33.8 Å². The van der Waals surface area contributed by atoms with Crippen LogP contribution in [0.15, 0.2) is 23.2 Å². The summed E-state index contributed by atoms with van der Waals surface area (Å²) in [5, 5.41) is 4.55. The number of hydrogen-bond donors (Lipinski definition) is 2. The lowest BCUT2D eigenvalue weighted by Crippen LogP contribution is -2.47. The minimum Gasteiger partial charge on any atom is -0.370 e. The zero-order valence-corrected chi connectivity index (χ0v) is 12.8. The summed E-state index contributed by atoms with van der Waals surface area (Å²) < 4.78 is 0. The third kappa shape index (κ3) is 3.04. The summed E-state index contributed by atoms with van der Waals surface area (Å²) in [7, 11) is 0. The van der Waals surface area contributed by atoms with Gasteiger partial charge in [-0.1, -0.05) is 29.3 Å². The van der Waals surface area contributed by atoms with Crippen molar-refractivity contribution in [3.63, 3.8) is 0 Å². The Bertz CT molecular complexity index is 520. The van der Waals surface area contributed by atoms with E-state index in [4.69, 9.17) is 28.9 Å². The Hall–Kier alpha value is -0.930. The minimum atomic E-state index is 0.429. The maximum absolute atomic E-state index is 6.05. The van der Waals surface area contributed by atoms with Gasteiger partial charge in [-0.05, 0) is 55.7 Å². The topological polar surface area (TPSA) is 50.4 Å². The molecule has 0 atom stereocenters. The van der Waals surface area contributed by atoms with Crippen LogP contribution in [0, 0.1) is 0 Å². The smallest absolute Gasteiger partial charge is 0.189 e. The molecule has 3 rings (SSSR count). The molecule has 0 spiro atoms. The Morgan fingerprint density at radius 1 is 1.20 bits per heavy atom. The molecular formula is C15H19Cl2N3. The van der Waals surface area contributed by atoms with Gasteiger partial charge in [-0.2, -0.15) is 0 Å². The zero-order chi connectivity index (χ0) is 14.1. The van der Waals surface area contributed by atoms with Gasteiger partial charge in [0.05, 0.1) is 16.1 Å². The van der Waals surface area contributed by atoms with E-state index in [9.17, 15) is 0 Å². The van der Waals surface area contributed by atoms with Crippen LogP contribution in [0.2, 0.25) is 10.0 Å². The van der Waals surface area contributed by atoms with Gasteiger partial charge in [0.1, 0.15) is 0 Å². The highest BCUT2D eigenvalue weighted by molar-refractivity contribution is 6.42. The van der Waals surface area contributed by atoms with E-state index in [0.717, 1.165) is 12.8 Å². The van der Waals surface area contributed by atoms with Crippen LogP contribution >= 0.6 is 23.2 Å². The first kappa shape index (κ1) is 14.0. The summed E-state index contributed by atoms with van der Waals surface area (Å²) >= 11 is 12.0. The Kier molecular flexibility index (Phi) is 4.08. The quantitative estimate of drug-likeness (QED) is 0.660. The normalized spacial score (nSPS) is 26.8. The molecule has 108 valence electrons. The van der Waals surface area contributed by atoms with Gasteiger partial charge >= 0.3 is 0 Å². The second-order valence-electron chi connectivity index (χ2n) is 5.78. The zero-order valence-electron chi connectivity index (χ0n) is 11.3. The molecule has 0 unspecified atom stereocenters. The van der Waals surface area contributed by atoms with Crippen molar-refractivity contribution in [3.8, 4) is 0 Å². The molecule has 0 heterocycles. The van der Waals surface area contributed by atoms with Crippen LogP contribution in [-0.2, 0) is 0 Å². The highest BCUT2D eigenvalue weighted by Crippen LogP contribution is 2.38. The summed E-state index contributed by atoms with van der Waals surface area (Å²) in [4.78, 5) is 4.47. The summed E-state index contributed by atoms with van der Waals surface area (Å²) in [6, 6.07) is 6.77. The third-order valence-corrected chi connectivity index (χ3v) is 5.04. The first-order valence-corrected chi connectivity index (χ1v) is 7.92. The Morgan fingerprint density at radius 3 is 2.55 bits per heavy atom. The first-order chi connectivity index (χ1) is 9.61. The molecule has 3 nitrogen and oxygen atoms in total. The van der Waals surface area contributed by atoms with E-state index in [1.165, 1.54) is 24.8 Å². The molecule has 0 bridgehead atoms. The Balaban J connectivity index is 1.50. The van der Waals surface area contributed by atoms with Crippen LogP contribution in [0.4, 0.5) is 0 Å². The molecule has 20 heavy (non-hydrogen) atoms. The molecule has 2 aliphatic carbocycles. The van der Waals surface area contributed by atoms with Gasteiger partial charge in [-0.3, -0.25) is 4.99 Å². The van der Waals surface area contributed by atoms with Gasteiger partial charge in [0.25, 0.3) is 0 Å². The van der Waals surface area contributed by atoms with E-state index in [1.807, 2.05) is 12.1 Å². The van der Waals surface area contributed by atoms with Crippen molar-refractivity contribution in [1.82, 2.24) is 5.32 Å². The van der Waals surface area contributed by atoms with E-state index < -0.39 is 0 Å². The van der Waals surface area contributed by atoms with E-state index in [2.05, 4.69) is 16.4 Å². The van der Waals surface area contributed by atoms with Crippen LogP contribution < -0.4 is 11.1 Å². The molecule has 0 aromatic heterocycles. The SMILES string of the molecule is NC(=NC1CCC1)NC1CC(c2ccc(Cl)c(Cl)c2)C1. The van der Waals surface area contributed by atoms with Crippen molar-refractivity contribution in [2.45, 2.75) is 50.1 Å². The fraction of sp³-hybridized carbons (Fsp3) is 0.533. The lowest BCUT2D eigenvalue weighted by molar-refractivity contribution is 0.322. The molecule has 1 aromatic rings. The van der Waals surface area contributed by atoms with Crippen LogP contribution in [0.25, 0.3) is 0 Å². The lowest BCUT2D eigenvalue weighted by atomic mass is 9.76. The summed E-state index contributed by atoms with van der Waals surface area (Å²) in [6.07, 6.45) is 5.78. The number of nitrogens with zero attached hydrogens (tertiary/aromatic N) is 1. The summed E-state index contributed by atoms with van der Waals surface area (Å²) in [5.41, 5.74) is 7.18. The van der Waals surface area contributed by atoms with Gasteiger partial charge in [-0.25, -0.2) is 0 Å². The molecule has 0 saturated heterocycles. The Morgan fingerprint density at radius 2 is 1.95 bits per heavy atom. The van der Waals surface area contributed by atoms with Crippen molar-refractivity contribution in [2.24, 2.45) is 10.7 Å². The molecule has 2 aliphatic rings. The van der Waals surface area contributed by atoms with Crippen LogP contribution in [0.1, 0.15) is 43.6 Å². The number of guanidine groups is 1. The van der Waals surface area contributed by atoms with Gasteiger partial charge in [0.2, 0.25) is 0 Å². The minimum absolute atomic E-state index is 0.429. The van der Waals surface area contributed by atoms with Crippen molar-refractivity contribution in [1.29, 1.82) is 0 Å². The molecule has 2 fully saturated rings. The number of halogens is 2. The van der Waals surface area contributed by atoms with E-state index in [0.29, 0.717) is 34.0 Å². The van der Waals surface area contributed by atoms with E-state index in [-0.39, 0.29) is 0 Å².